The highest BCUT2D eigenvalue weighted by Gasteiger charge is 2.30. The molecule has 0 spiro atoms. The fourth-order valence-electron chi connectivity index (χ4n) is 3.82. The van der Waals surface area contributed by atoms with E-state index >= 15 is 0 Å². The highest BCUT2D eigenvalue weighted by atomic mass is 16.6. The van der Waals surface area contributed by atoms with E-state index in [9.17, 15) is 5.11 Å². The molecule has 2 aromatic carbocycles. The molecule has 1 aromatic heterocycles. The van der Waals surface area contributed by atoms with Gasteiger partial charge in [-0.25, -0.2) is 0 Å². The van der Waals surface area contributed by atoms with Gasteiger partial charge in [-0.15, -0.1) is 0 Å². The van der Waals surface area contributed by atoms with Crippen molar-refractivity contribution in [2.24, 2.45) is 0 Å². The zero-order valence-corrected chi connectivity index (χ0v) is 17.8. The Hall–Kier alpha value is -3.91. The first-order chi connectivity index (χ1) is 15.5. The maximum absolute atomic E-state index is 10.7. The summed E-state index contributed by atoms with van der Waals surface area (Å²) < 4.78 is 12.1. The van der Waals surface area contributed by atoms with Crippen molar-refractivity contribution >= 4 is 5.69 Å². The summed E-state index contributed by atoms with van der Waals surface area (Å²) in [6, 6.07) is 18.5. The summed E-state index contributed by atoms with van der Waals surface area (Å²) in [4.78, 5) is 6.22. The topological polar surface area (TPSA) is 102 Å². The third kappa shape index (κ3) is 4.26. The first-order valence-electron chi connectivity index (χ1n) is 10.2. The SMILES string of the molecule is Cc1ncc2c(c1OCc1cccc(C#N)c1)C(C)OC(O)N(c1ccc(C#N)cc1)C2. The van der Waals surface area contributed by atoms with Crippen LogP contribution in [0.5, 0.6) is 5.75 Å². The molecule has 2 atom stereocenters. The summed E-state index contributed by atoms with van der Waals surface area (Å²) in [5, 5.41) is 28.9. The van der Waals surface area contributed by atoms with Gasteiger partial charge in [-0.2, -0.15) is 10.5 Å². The predicted octanol–water partition coefficient (Wildman–Crippen LogP) is 4.09. The van der Waals surface area contributed by atoms with Crippen LogP contribution in [0.4, 0.5) is 5.69 Å². The molecular formula is C25H22N4O3. The molecule has 0 aliphatic carbocycles. The summed E-state index contributed by atoms with van der Waals surface area (Å²) in [5.41, 5.74) is 5.16. The Labute approximate surface area is 186 Å². The van der Waals surface area contributed by atoms with Crippen LogP contribution in [0.25, 0.3) is 0 Å². The first kappa shape index (κ1) is 21.3. The zero-order chi connectivity index (χ0) is 22.7. The maximum Gasteiger partial charge on any atom is 0.238 e. The molecule has 4 rings (SSSR count). The normalized spacial score (nSPS) is 17.6. The van der Waals surface area contributed by atoms with Gasteiger partial charge in [-0.3, -0.25) is 4.98 Å². The number of rotatable bonds is 4. The van der Waals surface area contributed by atoms with Crippen molar-refractivity contribution in [3.8, 4) is 17.9 Å². The van der Waals surface area contributed by atoms with Gasteiger partial charge in [0.05, 0.1) is 35.1 Å². The molecule has 1 N–H and O–H groups in total. The van der Waals surface area contributed by atoms with Crippen molar-refractivity contribution in [2.75, 3.05) is 4.90 Å². The monoisotopic (exact) mass is 426 g/mol. The number of benzene rings is 2. The van der Waals surface area contributed by atoms with E-state index in [0.717, 1.165) is 28.1 Å². The Kier molecular flexibility index (Phi) is 6.04. The molecule has 0 saturated heterocycles. The molecule has 32 heavy (non-hydrogen) atoms. The third-order valence-corrected chi connectivity index (χ3v) is 5.44. The van der Waals surface area contributed by atoms with E-state index in [1.165, 1.54) is 0 Å². The Bertz CT molecular complexity index is 1210. The van der Waals surface area contributed by atoms with Gasteiger partial charge in [-0.05, 0) is 61.4 Å². The minimum Gasteiger partial charge on any atom is -0.487 e. The number of aliphatic hydroxyl groups is 1. The molecule has 2 unspecified atom stereocenters. The number of aromatic nitrogens is 1. The van der Waals surface area contributed by atoms with Crippen molar-refractivity contribution < 1.29 is 14.6 Å². The molecule has 3 aromatic rings. The number of nitrogens with zero attached hydrogens (tertiary/aromatic N) is 4. The smallest absolute Gasteiger partial charge is 0.238 e. The number of fused-ring (bicyclic) bond motifs is 1. The minimum atomic E-state index is -1.18. The van der Waals surface area contributed by atoms with Crippen molar-refractivity contribution in [2.45, 2.75) is 39.5 Å². The van der Waals surface area contributed by atoms with Gasteiger partial charge < -0.3 is 19.5 Å². The zero-order valence-electron chi connectivity index (χ0n) is 17.8. The predicted molar refractivity (Wildman–Crippen MR) is 117 cm³/mol. The van der Waals surface area contributed by atoms with E-state index in [-0.39, 0.29) is 6.61 Å². The largest absolute Gasteiger partial charge is 0.487 e. The van der Waals surface area contributed by atoms with Crippen LogP contribution in [0, 0.1) is 29.6 Å². The quantitative estimate of drug-likeness (QED) is 0.670. The summed E-state index contributed by atoms with van der Waals surface area (Å²) in [6.45, 7) is 4.38. The first-order valence-corrected chi connectivity index (χ1v) is 10.2. The van der Waals surface area contributed by atoms with Gasteiger partial charge >= 0.3 is 0 Å². The molecule has 0 fully saturated rings. The van der Waals surface area contributed by atoms with E-state index in [1.807, 2.05) is 26.0 Å². The average molecular weight is 426 g/mol. The van der Waals surface area contributed by atoms with Crippen molar-refractivity contribution in [3.05, 3.63) is 88.2 Å². The molecule has 7 heteroatoms. The second kappa shape index (κ2) is 9.07. The lowest BCUT2D eigenvalue weighted by Crippen LogP contribution is -2.35. The van der Waals surface area contributed by atoms with Crippen LogP contribution < -0.4 is 9.64 Å². The highest BCUT2D eigenvalue weighted by molar-refractivity contribution is 5.53. The minimum absolute atomic E-state index is 0.281. The van der Waals surface area contributed by atoms with Crippen LogP contribution in [0.2, 0.25) is 0 Å². The Morgan fingerprint density at radius 2 is 1.91 bits per heavy atom. The van der Waals surface area contributed by atoms with Crippen LogP contribution in [-0.4, -0.2) is 16.5 Å². The Morgan fingerprint density at radius 3 is 2.62 bits per heavy atom. The molecule has 1 aliphatic rings. The van der Waals surface area contributed by atoms with Crippen molar-refractivity contribution in [3.63, 3.8) is 0 Å². The second-order valence-electron chi connectivity index (χ2n) is 7.60. The average Bonchev–Trinajstić information content (AvgIpc) is 2.94. The van der Waals surface area contributed by atoms with E-state index in [2.05, 4.69) is 17.1 Å². The second-order valence-corrected chi connectivity index (χ2v) is 7.60. The van der Waals surface area contributed by atoms with Crippen LogP contribution in [0.15, 0.2) is 54.7 Å². The van der Waals surface area contributed by atoms with Gasteiger partial charge in [-0.1, -0.05) is 12.1 Å². The number of hydrogen-bond donors (Lipinski definition) is 1. The van der Waals surface area contributed by atoms with Gasteiger partial charge in [0.15, 0.2) is 0 Å². The van der Waals surface area contributed by atoms with Gasteiger partial charge in [0.25, 0.3) is 0 Å². The molecule has 160 valence electrons. The molecule has 7 nitrogen and oxygen atoms in total. The summed E-state index contributed by atoms with van der Waals surface area (Å²) in [6.07, 6.45) is 0.166. The molecule has 0 bridgehead atoms. The van der Waals surface area contributed by atoms with Crippen molar-refractivity contribution in [1.29, 1.82) is 10.5 Å². The summed E-state index contributed by atoms with van der Waals surface area (Å²) in [7, 11) is 0. The standard InChI is InChI=1S/C25H22N4O3/c1-16-24(31-15-20-5-3-4-19(10-20)12-27)23-17(2)32-25(30)29(14-21(23)13-28-16)22-8-6-18(11-26)7-9-22/h3-10,13,17,25,30H,14-15H2,1-2H3. The van der Waals surface area contributed by atoms with E-state index in [1.54, 1.807) is 47.5 Å². The maximum atomic E-state index is 10.7. The molecule has 0 radical (unpaired) electrons. The molecule has 0 amide bonds. The van der Waals surface area contributed by atoms with Gasteiger partial charge in [0, 0.05) is 24.0 Å². The number of hydrogen-bond acceptors (Lipinski definition) is 7. The van der Waals surface area contributed by atoms with E-state index in [0.29, 0.717) is 23.4 Å². The van der Waals surface area contributed by atoms with Crippen molar-refractivity contribution in [1.82, 2.24) is 4.98 Å². The van der Waals surface area contributed by atoms with Crippen LogP contribution >= 0.6 is 0 Å². The fraction of sp³-hybridized carbons (Fsp3) is 0.240. The molecule has 0 saturated carbocycles. The number of aliphatic hydroxyl groups excluding tert-OH is 1. The summed E-state index contributed by atoms with van der Waals surface area (Å²) >= 11 is 0. The van der Waals surface area contributed by atoms with Gasteiger partial charge in [0.2, 0.25) is 6.41 Å². The summed E-state index contributed by atoms with van der Waals surface area (Å²) in [5.74, 6) is 0.617. The number of ether oxygens (including phenoxy) is 2. The van der Waals surface area contributed by atoms with Crippen LogP contribution in [-0.2, 0) is 17.9 Å². The number of anilines is 1. The Morgan fingerprint density at radius 1 is 1.16 bits per heavy atom. The molecule has 2 heterocycles. The van der Waals surface area contributed by atoms with E-state index < -0.39 is 12.5 Å². The van der Waals surface area contributed by atoms with E-state index in [4.69, 9.17) is 20.0 Å². The molecular weight excluding hydrogens is 404 g/mol. The number of nitriles is 2. The third-order valence-electron chi connectivity index (χ3n) is 5.44. The highest BCUT2D eigenvalue weighted by Crippen LogP contribution is 2.38. The lowest BCUT2D eigenvalue weighted by molar-refractivity contribution is -0.129. The Balaban J connectivity index is 1.66. The van der Waals surface area contributed by atoms with Crippen LogP contribution in [0.3, 0.4) is 0 Å². The lowest BCUT2D eigenvalue weighted by atomic mass is 10.0. The molecule has 1 aliphatic heterocycles. The number of aryl methyl sites for hydroxylation is 1. The van der Waals surface area contributed by atoms with Gasteiger partial charge in [0.1, 0.15) is 12.4 Å². The fourth-order valence-corrected chi connectivity index (χ4v) is 3.82. The lowest BCUT2D eigenvalue weighted by Gasteiger charge is -2.28. The van der Waals surface area contributed by atoms with Crippen LogP contribution in [0.1, 0.15) is 46.5 Å². The number of pyridine rings is 1.